The molecular weight excluding hydrogens is 368 g/mol. The molecule has 0 fully saturated rings. The van der Waals surface area contributed by atoms with E-state index in [4.69, 9.17) is 4.74 Å². The quantitative estimate of drug-likeness (QED) is 0.510. The van der Waals surface area contributed by atoms with Gasteiger partial charge in [0.05, 0.1) is 17.5 Å². The average Bonchev–Trinajstić information content (AvgIpc) is 2.87. The summed E-state index contributed by atoms with van der Waals surface area (Å²) in [6.07, 6.45) is 2.96. The third-order valence-electron chi connectivity index (χ3n) is 5.17. The number of hydrogen-bond acceptors (Lipinski definition) is 4. The molecule has 0 aromatic carbocycles. The number of Topliss-reactive ketones (excluding diaryl/α,β-unsaturated/α-hetero) is 1. The first-order valence-corrected chi connectivity index (χ1v) is 10.3. The number of nitrogens with zero attached hydrogens (tertiary/aromatic N) is 1. The van der Waals surface area contributed by atoms with Gasteiger partial charge in [-0.15, -0.1) is 0 Å². The van der Waals surface area contributed by atoms with E-state index < -0.39 is 5.60 Å². The molecular formula is C23H34N2O4. The molecule has 2 heterocycles. The number of carbonyl (C=O) groups is 2. The van der Waals surface area contributed by atoms with Crippen molar-refractivity contribution in [2.24, 2.45) is 5.41 Å². The lowest BCUT2D eigenvalue weighted by atomic mass is 9.77. The van der Waals surface area contributed by atoms with Crippen molar-refractivity contribution >= 4 is 17.3 Å². The minimum absolute atomic E-state index is 0.0160. The van der Waals surface area contributed by atoms with Gasteiger partial charge in [0.2, 0.25) is 0 Å². The maximum absolute atomic E-state index is 13.1. The fourth-order valence-electron chi connectivity index (χ4n) is 3.94. The van der Waals surface area contributed by atoms with Gasteiger partial charge in [0.25, 0.3) is 5.56 Å². The van der Waals surface area contributed by atoms with E-state index in [-0.39, 0.29) is 29.1 Å². The molecule has 0 saturated heterocycles. The Balaban J connectivity index is 2.21. The molecule has 0 aliphatic heterocycles. The van der Waals surface area contributed by atoms with Gasteiger partial charge in [-0.3, -0.25) is 19.5 Å². The summed E-state index contributed by atoms with van der Waals surface area (Å²) in [5.74, 6) is -0.246. The molecule has 0 spiro atoms. The van der Waals surface area contributed by atoms with Crippen molar-refractivity contribution in [1.82, 2.24) is 9.61 Å². The zero-order valence-corrected chi connectivity index (χ0v) is 18.8. The summed E-state index contributed by atoms with van der Waals surface area (Å²) < 4.78 is 6.91. The number of pyridine rings is 1. The van der Waals surface area contributed by atoms with Gasteiger partial charge in [0, 0.05) is 18.2 Å². The van der Waals surface area contributed by atoms with E-state index in [2.05, 4.69) is 12.0 Å². The highest BCUT2D eigenvalue weighted by Gasteiger charge is 2.31. The molecule has 2 rings (SSSR count). The van der Waals surface area contributed by atoms with Crippen LogP contribution in [-0.2, 0) is 9.53 Å². The Labute approximate surface area is 172 Å². The summed E-state index contributed by atoms with van der Waals surface area (Å²) in [7, 11) is 0. The molecule has 0 aliphatic rings. The van der Waals surface area contributed by atoms with Crippen molar-refractivity contribution in [2.75, 3.05) is 0 Å². The molecule has 2 aromatic rings. The van der Waals surface area contributed by atoms with Gasteiger partial charge in [-0.2, -0.15) is 0 Å². The van der Waals surface area contributed by atoms with Crippen molar-refractivity contribution in [3.63, 3.8) is 0 Å². The molecule has 1 N–H and O–H groups in total. The number of fused-ring (bicyclic) bond motifs is 1. The number of H-pyrrole nitrogens is 1. The molecule has 0 bridgehead atoms. The Morgan fingerprint density at radius 3 is 2.34 bits per heavy atom. The number of rotatable bonds is 8. The molecule has 0 radical (unpaired) electrons. The van der Waals surface area contributed by atoms with Crippen LogP contribution in [-0.4, -0.2) is 27.0 Å². The van der Waals surface area contributed by atoms with Gasteiger partial charge in [-0.25, -0.2) is 4.52 Å². The van der Waals surface area contributed by atoms with Gasteiger partial charge in [0.1, 0.15) is 5.60 Å². The highest BCUT2D eigenvalue weighted by molar-refractivity contribution is 6.03. The summed E-state index contributed by atoms with van der Waals surface area (Å²) in [6, 6.07) is 3.39. The second kappa shape index (κ2) is 8.56. The maximum atomic E-state index is 13.1. The molecule has 2 aromatic heterocycles. The van der Waals surface area contributed by atoms with Crippen LogP contribution >= 0.6 is 0 Å². The largest absolute Gasteiger partial charge is 0.460 e. The lowest BCUT2D eigenvalue weighted by Crippen LogP contribution is -2.29. The predicted octanol–water partition coefficient (Wildman–Crippen LogP) is 4.75. The standard InChI is InChI=1S/C23H34N2O4/c1-8-10-23(7,14-20(28)29-22(4,5)6)11-9-18(26)21-16(3)24-25-17(21)12-15(2)13-19(25)27/h12-13,24H,8-11,14H2,1-7H3. The minimum Gasteiger partial charge on any atom is -0.460 e. The number of ketones is 1. The summed E-state index contributed by atoms with van der Waals surface area (Å²) in [5, 5.41) is 2.99. The fraction of sp³-hybridized carbons (Fsp3) is 0.609. The van der Waals surface area contributed by atoms with Crippen LogP contribution in [0.5, 0.6) is 0 Å². The van der Waals surface area contributed by atoms with Crippen molar-refractivity contribution in [3.8, 4) is 0 Å². The highest BCUT2D eigenvalue weighted by Crippen LogP contribution is 2.35. The third-order valence-corrected chi connectivity index (χ3v) is 5.17. The molecule has 0 amide bonds. The Kier molecular flexibility index (Phi) is 6.76. The second-order valence-corrected chi connectivity index (χ2v) is 9.45. The normalized spacial score (nSPS) is 14.0. The van der Waals surface area contributed by atoms with E-state index in [1.807, 2.05) is 40.7 Å². The van der Waals surface area contributed by atoms with Gasteiger partial charge >= 0.3 is 5.97 Å². The van der Waals surface area contributed by atoms with Crippen molar-refractivity contribution in [3.05, 3.63) is 39.3 Å². The molecule has 160 valence electrons. The van der Waals surface area contributed by atoms with Crippen molar-refractivity contribution in [1.29, 1.82) is 0 Å². The SMILES string of the molecule is CCCC(C)(CCC(=O)c1c(C)[nH]n2c(=O)cc(C)cc12)CC(=O)OC(C)(C)C. The van der Waals surface area contributed by atoms with Crippen LogP contribution in [0, 0.1) is 19.3 Å². The lowest BCUT2D eigenvalue weighted by Gasteiger charge is -2.30. The number of nitrogens with one attached hydrogen (secondary N) is 1. The third kappa shape index (κ3) is 5.81. The zero-order chi connectivity index (χ0) is 22.0. The van der Waals surface area contributed by atoms with Gasteiger partial charge in [-0.1, -0.05) is 20.3 Å². The molecule has 6 heteroatoms. The molecule has 29 heavy (non-hydrogen) atoms. The van der Waals surface area contributed by atoms with E-state index in [1.54, 1.807) is 6.92 Å². The van der Waals surface area contributed by atoms with Gasteiger partial charge < -0.3 is 4.74 Å². The second-order valence-electron chi connectivity index (χ2n) is 9.45. The number of aromatic amines is 1. The first kappa shape index (κ1) is 22.9. The summed E-state index contributed by atoms with van der Waals surface area (Å²) in [5.41, 5.74) is 1.67. The van der Waals surface area contributed by atoms with E-state index in [9.17, 15) is 14.4 Å². The van der Waals surface area contributed by atoms with E-state index in [0.717, 1.165) is 18.4 Å². The lowest BCUT2D eigenvalue weighted by molar-refractivity contribution is -0.157. The fourth-order valence-corrected chi connectivity index (χ4v) is 3.94. The monoisotopic (exact) mass is 402 g/mol. The number of aromatic nitrogens is 2. The molecule has 0 saturated carbocycles. The summed E-state index contributed by atoms with van der Waals surface area (Å²) in [4.78, 5) is 37.6. The van der Waals surface area contributed by atoms with Crippen LogP contribution in [0.25, 0.3) is 5.52 Å². The minimum atomic E-state index is -0.522. The van der Waals surface area contributed by atoms with Crippen molar-refractivity contribution < 1.29 is 14.3 Å². The van der Waals surface area contributed by atoms with Crippen LogP contribution in [0.2, 0.25) is 0 Å². The van der Waals surface area contributed by atoms with Crippen LogP contribution in [0.4, 0.5) is 0 Å². The summed E-state index contributed by atoms with van der Waals surface area (Å²) >= 11 is 0. The molecule has 1 unspecified atom stereocenters. The summed E-state index contributed by atoms with van der Waals surface area (Å²) in [6.45, 7) is 13.3. The number of esters is 1. The molecule has 6 nitrogen and oxygen atoms in total. The smallest absolute Gasteiger partial charge is 0.306 e. The zero-order valence-electron chi connectivity index (χ0n) is 18.8. The number of carbonyl (C=O) groups excluding carboxylic acids is 2. The number of ether oxygens (including phenoxy) is 1. The van der Waals surface area contributed by atoms with Gasteiger partial charge in [0.15, 0.2) is 5.78 Å². The maximum Gasteiger partial charge on any atom is 0.306 e. The van der Waals surface area contributed by atoms with E-state index in [0.29, 0.717) is 29.6 Å². The average molecular weight is 403 g/mol. The first-order valence-electron chi connectivity index (χ1n) is 10.3. The molecule has 0 aliphatic carbocycles. The highest BCUT2D eigenvalue weighted by atomic mass is 16.6. The first-order chi connectivity index (χ1) is 13.3. The van der Waals surface area contributed by atoms with Crippen LogP contribution < -0.4 is 5.56 Å². The topological polar surface area (TPSA) is 80.6 Å². The van der Waals surface area contributed by atoms with E-state index >= 15 is 0 Å². The predicted molar refractivity (Wildman–Crippen MR) is 115 cm³/mol. The number of aryl methyl sites for hydroxylation is 2. The Hall–Kier alpha value is -2.37. The van der Waals surface area contributed by atoms with Gasteiger partial charge in [-0.05, 0) is 64.5 Å². The van der Waals surface area contributed by atoms with Crippen LogP contribution in [0.1, 0.15) is 88.3 Å². The van der Waals surface area contributed by atoms with Crippen LogP contribution in [0.3, 0.4) is 0 Å². The van der Waals surface area contributed by atoms with Crippen LogP contribution in [0.15, 0.2) is 16.9 Å². The number of hydrogen-bond donors (Lipinski definition) is 1. The Morgan fingerprint density at radius 1 is 1.10 bits per heavy atom. The van der Waals surface area contributed by atoms with Crippen molar-refractivity contribution in [2.45, 2.75) is 86.2 Å². The Morgan fingerprint density at radius 2 is 1.76 bits per heavy atom. The Bertz CT molecular complexity index is 962. The van der Waals surface area contributed by atoms with E-state index in [1.165, 1.54) is 10.6 Å². The molecule has 1 atom stereocenters.